The fourth-order valence-electron chi connectivity index (χ4n) is 2.85. The van der Waals surface area contributed by atoms with Crippen LogP contribution in [0.4, 0.5) is 5.13 Å². The van der Waals surface area contributed by atoms with E-state index in [1.165, 1.54) is 18.4 Å². The summed E-state index contributed by atoms with van der Waals surface area (Å²) in [5, 5.41) is 3.33. The molecule has 2 aromatic carbocycles. The van der Waals surface area contributed by atoms with Gasteiger partial charge >= 0.3 is 0 Å². The molecule has 0 saturated carbocycles. The van der Waals surface area contributed by atoms with Crippen LogP contribution in [-0.4, -0.2) is 39.3 Å². The molecule has 0 radical (unpaired) electrons. The van der Waals surface area contributed by atoms with Crippen LogP contribution in [0.5, 0.6) is 23.0 Å². The van der Waals surface area contributed by atoms with E-state index >= 15 is 0 Å². The third kappa shape index (κ3) is 4.27. The van der Waals surface area contributed by atoms with Crippen molar-refractivity contribution in [3.05, 3.63) is 46.8 Å². The molecule has 0 atom stereocenters. The molecule has 0 unspecified atom stereocenters. The fraction of sp³-hybridized carbons (Fsp3) is 0.238. The minimum absolute atomic E-state index is 0.288. The Bertz CT molecular complexity index is 1030. The number of methoxy groups -OCH3 is 4. The zero-order chi connectivity index (χ0) is 21.0. The first-order valence-electron chi connectivity index (χ1n) is 8.74. The number of nitrogens with one attached hydrogen (secondary N) is 1. The van der Waals surface area contributed by atoms with Crippen molar-refractivity contribution in [3.63, 3.8) is 0 Å². The highest BCUT2D eigenvalue weighted by molar-refractivity contribution is 7.16. The number of benzene rings is 2. The SMILES string of the molecule is COc1ccc(OC)c(-c2nc(NC(=O)c3ccc(OC)c(OC)c3)sc2C)c1. The van der Waals surface area contributed by atoms with Crippen molar-refractivity contribution >= 4 is 22.4 Å². The van der Waals surface area contributed by atoms with Gasteiger partial charge in [-0.2, -0.15) is 0 Å². The standard InChI is InChI=1S/C21H22N2O5S/c1-12-19(15-11-14(25-2)7-9-16(15)26-3)22-21(29-12)23-20(24)13-6-8-17(27-4)18(10-13)28-5/h6-11H,1-5H3,(H,22,23,24). The Morgan fingerprint density at radius 3 is 2.24 bits per heavy atom. The van der Waals surface area contributed by atoms with E-state index in [-0.39, 0.29) is 5.91 Å². The summed E-state index contributed by atoms with van der Waals surface area (Å²) in [4.78, 5) is 18.2. The summed E-state index contributed by atoms with van der Waals surface area (Å²) >= 11 is 1.39. The number of carbonyl (C=O) groups is 1. The van der Waals surface area contributed by atoms with Crippen molar-refractivity contribution in [2.45, 2.75) is 6.92 Å². The molecule has 0 aliphatic heterocycles. The van der Waals surface area contributed by atoms with Crippen molar-refractivity contribution in [1.82, 2.24) is 4.98 Å². The number of carbonyl (C=O) groups excluding carboxylic acids is 1. The van der Waals surface area contributed by atoms with Crippen LogP contribution >= 0.6 is 11.3 Å². The van der Waals surface area contributed by atoms with E-state index in [9.17, 15) is 4.79 Å². The molecule has 0 saturated heterocycles. The molecule has 152 valence electrons. The van der Waals surface area contributed by atoms with E-state index in [1.807, 2.05) is 25.1 Å². The number of aromatic nitrogens is 1. The average molecular weight is 414 g/mol. The minimum Gasteiger partial charge on any atom is -0.497 e. The van der Waals surface area contributed by atoms with E-state index in [2.05, 4.69) is 10.3 Å². The summed E-state index contributed by atoms with van der Waals surface area (Å²) in [5.41, 5.74) is 1.97. The number of anilines is 1. The molecule has 3 rings (SSSR count). The van der Waals surface area contributed by atoms with Crippen molar-refractivity contribution in [2.24, 2.45) is 0 Å². The van der Waals surface area contributed by atoms with Gasteiger partial charge in [0, 0.05) is 16.0 Å². The summed E-state index contributed by atoms with van der Waals surface area (Å²) in [6.45, 7) is 1.94. The van der Waals surface area contributed by atoms with Gasteiger partial charge in [-0.25, -0.2) is 4.98 Å². The summed E-state index contributed by atoms with van der Waals surface area (Å²) in [5.74, 6) is 2.13. The molecular formula is C21H22N2O5S. The Morgan fingerprint density at radius 1 is 0.897 bits per heavy atom. The topological polar surface area (TPSA) is 78.9 Å². The van der Waals surface area contributed by atoms with Gasteiger partial charge in [0.05, 0.1) is 34.1 Å². The van der Waals surface area contributed by atoms with Gasteiger partial charge in [0.1, 0.15) is 11.5 Å². The van der Waals surface area contributed by atoms with Gasteiger partial charge in [0.2, 0.25) is 0 Å². The molecular weight excluding hydrogens is 392 g/mol. The van der Waals surface area contributed by atoms with E-state index in [0.29, 0.717) is 33.7 Å². The van der Waals surface area contributed by atoms with E-state index in [1.54, 1.807) is 39.5 Å². The number of hydrogen-bond acceptors (Lipinski definition) is 7. The molecule has 1 N–H and O–H groups in total. The van der Waals surface area contributed by atoms with Gasteiger partial charge < -0.3 is 18.9 Å². The molecule has 1 aromatic heterocycles. The lowest BCUT2D eigenvalue weighted by Gasteiger charge is -2.09. The Labute approximate surface area is 173 Å². The molecule has 0 spiro atoms. The van der Waals surface area contributed by atoms with Crippen LogP contribution < -0.4 is 24.3 Å². The van der Waals surface area contributed by atoms with Gasteiger partial charge in [-0.15, -0.1) is 11.3 Å². The van der Waals surface area contributed by atoms with Crippen LogP contribution in [0.2, 0.25) is 0 Å². The molecule has 0 fully saturated rings. The first-order chi connectivity index (χ1) is 14.0. The summed E-state index contributed by atoms with van der Waals surface area (Å²) in [7, 11) is 6.28. The quantitative estimate of drug-likeness (QED) is 0.617. The molecule has 1 amide bonds. The number of aryl methyl sites for hydroxylation is 1. The minimum atomic E-state index is -0.288. The lowest BCUT2D eigenvalue weighted by atomic mass is 10.1. The average Bonchev–Trinajstić information content (AvgIpc) is 3.12. The van der Waals surface area contributed by atoms with Gasteiger partial charge in [0.15, 0.2) is 16.6 Å². The van der Waals surface area contributed by atoms with Crippen molar-refractivity contribution in [3.8, 4) is 34.3 Å². The Morgan fingerprint density at radius 2 is 1.59 bits per heavy atom. The van der Waals surface area contributed by atoms with Crippen molar-refractivity contribution < 1.29 is 23.7 Å². The lowest BCUT2D eigenvalue weighted by Crippen LogP contribution is -2.12. The normalized spacial score (nSPS) is 10.4. The van der Waals surface area contributed by atoms with Crippen LogP contribution in [0.1, 0.15) is 15.2 Å². The first kappa shape index (κ1) is 20.5. The summed E-state index contributed by atoms with van der Waals surface area (Å²) in [6, 6.07) is 10.5. The Balaban J connectivity index is 1.89. The predicted molar refractivity (Wildman–Crippen MR) is 113 cm³/mol. The maximum Gasteiger partial charge on any atom is 0.257 e. The number of thiazole rings is 1. The summed E-state index contributed by atoms with van der Waals surface area (Å²) in [6.07, 6.45) is 0. The van der Waals surface area contributed by atoms with Gasteiger partial charge in [0.25, 0.3) is 5.91 Å². The maximum atomic E-state index is 12.7. The second-order valence-electron chi connectivity index (χ2n) is 6.01. The van der Waals surface area contributed by atoms with Crippen LogP contribution in [-0.2, 0) is 0 Å². The third-order valence-electron chi connectivity index (χ3n) is 4.32. The van der Waals surface area contributed by atoms with Gasteiger partial charge in [-0.05, 0) is 43.3 Å². The predicted octanol–water partition coefficient (Wildman–Crippen LogP) is 4.41. The van der Waals surface area contributed by atoms with Crippen LogP contribution in [0.15, 0.2) is 36.4 Å². The van der Waals surface area contributed by atoms with E-state index < -0.39 is 0 Å². The number of ether oxygens (including phenoxy) is 4. The van der Waals surface area contributed by atoms with E-state index in [4.69, 9.17) is 18.9 Å². The number of hydrogen-bond donors (Lipinski definition) is 1. The highest BCUT2D eigenvalue weighted by Gasteiger charge is 2.18. The molecule has 0 aliphatic rings. The molecule has 29 heavy (non-hydrogen) atoms. The molecule has 0 bridgehead atoms. The van der Waals surface area contributed by atoms with Crippen molar-refractivity contribution in [1.29, 1.82) is 0 Å². The highest BCUT2D eigenvalue weighted by Crippen LogP contribution is 2.38. The monoisotopic (exact) mass is 414 g/mol. The highest BCUT2D eigenvalue weighted by atomic mass is 32.1. The van der Waals surface area contributed by atoms with Crippen molar-refractivity contribution in [2.75, 3.05) is 33.8 Å². The molecule has 8 heteroatoms. The van der Waals surface area contributed by atoms with Crippen LogP contribution in [0.25, 0.3) is 11.3 Å². The third-order valence-corrected chi connectivity index (χ3v) is 5.21. The second-order valence-corrected chi connectivity index (χ2v) is 7.22. The Kier molecular flexibility index (Phi) is 6.23. The van der Waals surface area contributed by atoms with Gasteiger partial charge in [-0.1, -0.05) is 0 Å². The van der Waals surface area contributed by atoms with Crippen LogP contribution in [0, 0.1) is 6.92 Å². The molecule has 7 nitrogen and oxygen atoms in total. The fourth-order valence-corrected chi connectivity index (χ4v) is 3.67. The van der Waals surface area contributed by atoms with E-state index in [0.717, 1.165) is 16.1 Å². The zero-order valence-electron chi connectivity index (χ0n) is 16.9. The smallest absolute Gasteiger partial charge is 0.257 e. The summed E-state index contributed by atoms with van der Waals surface area (Å²) < 4.78 is 21.2. The largest absolute Gasteiger partial charge is 0.497 e. The lowest BCUT2D eigenvalue weighted by molar-refractivity contribution is 0.102. The Hall–Kier alpha value is -3.26. The van der Waals surface area contributed by atoms with Crippen LogP contribution in [0.3, 0.4) is 0 Å². The second kappa shape index (κ2) is 8.83. The molecule has 3 aromatic rings. The number of nitrogens with zero attached hydrogens (tertiary/aromatic N) is 1. The molecule has 0 aliphatic carbocycles. The first-order valence-corrected chi connectivity index (χ1v) is 9.55. The maximum absolute atomic E-state index is 12.7. The number of amides is 1. The zero-order valence-corrected chi connectivity index (χ0v) is 17.7. The molecule has 1 heterocycles. The van der Waals surface area contributed by atoms with Gasteiger partial charge in [-0.3, -0.25) is 10.1 Å². The number of rotatable bonds is 7.